The van der Waals surface area contributed by atoms with Gasteiger partial charge in [-0.2, -0.15) is 26.3 Å². The average Bonchev–Trinajstić information content (AvgIpc) is 2.44. The van der Waals surface area contributed by atoms with Crippen molar-refractivity contribution in [3.8, 4) is 0 Å². The summed E-state index contributed by atoms with van der Waals surface area (Å²) >= 11 is 0. The van der Waals surface area contributed by atoms with Crippen LogP contribution >= 0.6 is 0 Å². The van der Waals surface area contributed by atoms with Gasteiger partial charge in [0.05, 0.1) is 19.1 Å². The molecule has 14 heteroatoms. The third-order valence-corrected chi connectivity index (χ3v) is 6.33. The van der Waals surface area contributed by atoms with E-state index in [1.54, 1.807) is 0 Å². The van der Waals surface area contributed by atoms with Gasteiger partial charge in [-0.1, -0.05) is 6.92 Å². The molecule has 0 saturated carbocycles. The van der Waals surface area contributed by atoms with Crippen LogP contribution in [-0.4, -0.2) is 47.0 Å². The van der Waals surface area contributed by atoms with Crippen LogP contribution in [0.15, 0.2) is 0 Å². The zero-order chi connectivity index (χ0) is 20.1. The number of likely N-dealkylation sites (tertiary alicyclic amines) is 1. The first-order valence-corrected chi connectivity index (χ1v) is 10.1. The van der Waals surface area contributed by atoms with Crippen LogP contribution < -0.4 is 4.90 Å². The molecule has 0 radical (unpaired) electrons. The van der Waals surface area contributed by atoms with Crippen molar-refractivity contribution in [2.24, 2.45) is 0 Å². The molecule has 0 aromatic carbocycles. The summed E-state index contributed by atoms with van der Waals surface area (Å²) in [5.41, 5.74) is -12.4. The number of alkyl halides is 6. The van der Waals surface area contributed by atoms with Gasteiger partial charge >= 0.3 is 11.0 Å². The van der Waals surface area contributed by atoms with E-state index in [-0.39, 0.29) is 0 Å². The smallest absolute Gasteiger partial charge is 0.421 e. The zero-order valence-electron chi connectivity index (χ0n) is 13.5. The van der Waals surface area contributed by atoms with Crippen LogP contribution in [0.2, 0.25) is 0 Å². The van der Waals surface area contributed by atoms with Crippen molar-refractivity contribution in [2.45, 2.75) is 56.6 Å². The molecule has 0 aromatic heterocycles. The predicted octanol–water partition coefficient (Wildman–Crippen LogP) is 1.91. The van der Waals surface area contributed by atoms with Crippen LogP contribution in [-0.2, 0) is 20.0 Å². The number of sulfonamides is 2. The van der Waals surface area contributed by atoms with Crippen molar-refractivity contribution in [1.29, 1.82) is 0 Å². The van der Waals surface area contributed by atoms with Gasteiger partial charge in [0.25, 0.3) is 0 Å². The molecule has 1 saturated heterocycles. The summed E-state index contributed by atoms with van der Waals surface area (Å²) in [4.78, 5) is 1.84. The van der Waals surface area contributed by atoms with Crippen molar-refractivity contribution >= 4 is 20.0 Å². The van der Waals surface area contributed by atoms with E-state index in [9.17, 15) is 43.2 Å². The number of nitrogens with one attached hydrogen (secondary N) is 1. The van der Waals surface area contributed by atoms with E-state index >= 15 is 0 Å². The molecule has 6 nitrogen and oxygen atoms in total. The molecular formula is C11H20F6N2O4S2. The summed E-state index contributed by atoms with van der Waals surface area (Å²) < 4.78 is 109. The van der Waals surface area contributed by atoms with E-state index in [4.69, 9.17) is 0 Å². The van der Waals surface area contributed by atoms with E-state index in [1.807, 2.05) is 4.90 Å². The molecule has 1 rings (SSSR count). The Morgan fingerprint density at radius 1 is 0.880 bits per heavy atom. The molecule has 1 unspecified atom stereocenters. The maximum absolute atomic E-state index is 11.4. The van der Waals surface area contributed by atoms with E-state index in [1.165, 1.54) is 38.8 Å². The number of quaternary nitrogens is 1. The second kappa shape index (κ2) is 8.86. The minimum atomic E-state index is -6.72. The topological polar surface area (TPSA) is 86.8 Å². The molecule has 25 heavy (non-hydrogen) atoms. The Labute approximate surface area is 142 Å². The molecule has 1 N–H and O–H groups in total. The fraction of sp³-hybridized carbons (Fsp3) is 1.00. The van der Waals surface area contributed by atoms with E-state index < -0.39 is 31.1 Å². The first-order valence-electron chi connectivity index (χ1n) is 7.26. The van der Waals surface area contributed by atoms with Gasteiger partial charge in [-0.15, -0.1) is 0 Å². The molecule has 152 valence electrons. The van der Waals surface area contributed by atoms with Gasteiger partial charge in [0.1, 0.15) is 0 Å². The normalized spacial score (nSPS) is 19.0. The third-order valence-electron chi connectivity index (χ3n) is 3.59. The predicted molar refractivity (Wildman–Crippen MR) is 77.6 cm³/mol. The lowest BCUT2D eigenvalue weighted by atomic mass is 10.1. The summed E-state index contributed by atoms with van der Waals surface area (Å²) in [7, 11) is -13.4. The van der Waals surface area contributed by atoms with Gasteiger partial charge in [-0.05, 0) is 32.6 Å². The van der Waals surface area contributed by atoms with Gasteiger partial charge in [-0.3, -0.25) is 0 Å². The summed E-state index contributed by atoms with van der Waals surface area (Å²) in [5, 5.41) is 0. The summed E-state index contributed by atoms with van der Waals surface area (Å²) in [6.45, 7) is 7.52. The van der Waals surface area contributed by atoms with Crippen LogP contribution in [0, 0.1) is 0 Å². The van der Waals surface area contributed by atoms with Gasteiger partial charge in [0.15, 0.2) is 20.0 Å². The van der Waals surface area contributed by atoms with Crippen LogP contribution in [0.25, 0.3) is 4.13 Å². The molecule has 1 aliphatic heterocycles. The van der Waals surface area contributed by atoms with Gasteiger partial charge in [0, 0.05) is 0 Å². The molecular weight excluding hydrogens is 402 g/mol. The number of nitrogens with zero attached hydrogens (tertiary/aromatic N) is 1. The number of hydrogen-bond acceptors (Lipinski definition) is 4. The summed E-state index contributed by atoms with van der Waals surface area (Å²) in [5.74, 6) is 0. The molecule has 0 amide bonds. The molecule has 0 aliphatic carbocycles. The lowest BCUT2D eigenvalue weighted by Crippen LogP contribution is -3.16. The fourth-order valence-electron chi connectivity index (χ4n) is 2.00. The van der Waals surface area contributed by atoms with Gasteiger partial charge < -0.3 is 9.03 Å². The number of piperidine rings is 1. The van der Waals surface area contributed by atoms with E-state index in [0.717, 1.165) is 10.2 Å². The first kappa shape index (κ1) is 24.4. The maximum Gasteiger partial charge on any atom is 0.480 e. The highest BCUT2D eigenvalue weighted by molar-refractivity contribution is 8.13. The Morgan fingerprint density at radius 2 is 1.24 bits per heavy atom. The van der Waals surface area contributed by atoms with E-state index in [2.05, 4.69) is 13.8 Å². The fourth-order valence-corrected chi connectivity index (χ4v) is 3.71. The minimum Gasteiger partial charge on any atom is -0.421 e. The molecule has 1 heterocycles. The van der Waals surface area contributed by atoms with Crippen molar-refractivity contribution in [3.63, 3.8) is 0 Å². The molecule has 0 spiro atoms. The Kier molecular flexibility index (Phi) is 8.65. The minimum absolute atomic E-state index is 0.778. The Bertz CT molecular complexity index is 567. The number of halogens is 6. The highest BCUT2D eigenvalue weighted by Crippen LogP contribution is 2.36. The second-order valence-corrected chi connectivity index (χ2v) is 8.87. The van der Waals surface area contributed by atoms with Crippen molar-refractivity contribution < 1.29 is 48.1 Å². The summed E-state index contributed by atoms with van der Waals surface area (Å²) in [6.07, 6.45) is 5.73. The van der Waals surface area contributed by atoms with Crippen molar-refractivity contribution in [1.82, 2.24) is 0 Å². The standard InChI is InChI=1S/C9H19N.C2F6NO4S2/c1-3-9(2)10-7-5-4-6-8-10;3-1(4,5)14(10,11)9-15(12,13)2(6,7)8/h9H,3-8H2,1-2H3;/q;-1/p+1. The molecule has 1 fully saturated rings. The average molecular weight is 422 g/mol. The third kappa shape index (κ3) is 7.66. The highest BCUT2D eigenvalue weighted by atomic mass is 32.3. The number of rotatable bonds is 4. The molecule has 0 aromatic rings. The van der Waals surface area contributed by atoms with Gasteiger partial charge in [0.2, 0.25) is 0 Å². The quantitative estimate of drug-likeness (QED) is 0.702. The lowest BCUT2D eigenvalue weighted by Gasteiger charge is -2.28. The largest absolute Gasteiger partial charge is 0.480 e. The summed E-state index contributed by atoms with van der Waals surface area (Å²) in [6, 6.07) is 0.903. The maximum atomic E-state index is 11.4. The van der Waals surface area contributed by atoms with Crippen LogP contribution in [0.5, 0.6) is 0 Å². The lowest BCUT2D eigenvalue weighted by molar-refractivity contribution is -0.928. The Balaban J connectivity index is 0.000000496. The SMILES string of the molecule is CCC(C)[NH+]1CCCCC1.O=S(=O)([N-]S(=O)(=O)C(F)(F)F)C(F)(F)F. The monoisotopic (exact) mass is 422 g/mol. The molecule has 0 bridgehead atoms. The van der Waals surface area contributed by atoms with Crippen molar-refractivity contribution in [2.75, 3.05) is 13.1 Å². The van der Waals surface area contributed by atoms with Crippen molar-refractivity contribution in [3.05, 3.63) is 4.13 Å². The van der Waals surface area contributed by atoms with Crippen LogP contribution in [0.4, 0.5) is 26.3 Å². The van der Waals surface area contributed by atoms with Gasteiger partial charge in [-0.25, -0.2) is 16.8 Å². The van der Waals surface area contributed by atoms with E-state index in [0.29, 0.717) is 0 Å². The zero-order valence-corrected chi connectivity index (χ0v) is 15.1. The Morgan fingerprint density at radius 3 is 1.52 bits per heavy atom. The second-order valence-electron chi connectivity index (χ2n) is 5.44. The van der Waals surface area contributed by atoms with Crippen LogP contribution in [0.1, 0.15) is 39.5 Å². The first-order chi connectivity index (χ1) is 11.0. The molecule has 1 aliphatic rings. The number of hydrogen-bond donors (Lipinski definition) is 1. The Hall–Kier alpha value is -0.600. The highest BCUT2D eigenvalue weighted by Gasteiger charge is 2.46. The van der Waals surface area contributed by atoms with Crippen LogP contribution in [0.3, 0.4) is 0 Å². The molecule has 1 atom stereocenters.